The highest BCUT2D eigenvalue weighted by Gasteiger charge is 2.36. The van der Waals surface area contributed by atoms with Crippen LogP contribution in [0, 0.1) is 12.8 Å². The average molecular weight is 473 g/mol. The number of nitrogens with zero attached hydrogens (tertiary/aromatic N) is 1. The topological polar surface area (TPSA) is 134 Å². The molecule has 2 aromatic rings. The van der Waals surface area contributed by atoms with E-state index in [1.165, 1.54) is 12.1 Å². The van der Waals surface area contributed by atoms with Gasteiger partial charge in [0, 0.05) is 12.0 Å². The molecule has 1 aliphatic heterocycles. The lowest BCUT2D eigenvalue weighted by Gasteiger charge is -2.17. The molecule has 0 aliphatic carbocycles. The van der Waals surface area contributed by atoms with Gasteiger partial charge in [0.25, 0.3) is 17.7 Å². The summed E-state index contributed by atoms with van der Waals surface area (Å²) in [6, 6.07) is 13.0. The molecule has 0 aromatic heterocycles. The normalized spacial score (nSPS) is 15.0. The molecule has 2 aromatic carbocycles. The van der Waals surface area contributed by atoms with E-state index in [4.69, 9.17) is 16.3 Å². The van der Waals surface area contributed by atoms with Crippen LogP contribution >= 0.6 is 11.6 Å². The molecule has 0 bridgehead atoms. The Kier molecular flexibility index (Phi) is 7.62. The van der Waals surface area contributed by atoms with E-state index in [0.717, 1.165) is 10.6 Å². The fourth-order valence-electron chi connectivity index (χ4n) is 3.00. The van der Waals surface area contributed by atoms with Gasteiger partial charge < -0.3 is 4.74 Å². The third-order valence-corrected chi connectivity index (χ3v) is 5.12. The quantitative estimate of drug-likeness (QED) is 0.426. The molecule has 3 rings (SSSR count). The Morgan fingerprint density at radius 3 is 2.42 bits per heavy atom. The molecule has 0 saturated carbocycles. The average Bonchev–Trinajstić information content (AvgIpc) is 3.16. The van der Waals surface area contributed by atoms with Crippen LogP contribution in [0.2, 0.25) is 5.02 Å². The first-order valence-electron chi connectivity index (χ1n) is 9.93. The minimum absolute atomic E-state index is 0.0832. The standard InChI is InChI=1S/C22H21ClN4O6/c1-13-6-8-14(9-7-13)20(30)26-27-11-15(10-19(27)29)22(32)33-12-18(28)24-25-21(31)16-4-2-3-5-17(16)23/h2-9,15H,10-12H2,1H3,(H,24,28)(H,25,31)(H,26,30)/t15-/m1/s1. The summed E-state index contributed by atoms with van der Waals surface area (Å²) in [4.78, 5) is 60.5. The van der Waals surface area contributed by atoms with Gasteiger partial charge in [0.05, 0.1) is 23.0 Å². The molecule has 0 radical (unpaired) electrons. The zero-order valence-corrected chi connectivity index (χ0v) is 18.3. The number of aryl methyl sites for hydroxylation is 1. The predicted octanol–water partition coefficient (Wildman–Crippen LogP) is 1.15. The van der Waals surface area contributed by atoms with Crippen molar-refractivity contribution >= 4 is 41.2 Å². The Balaban J connectivity index is 1.43. The van der Waals surface area contributed by atoms with Crippen LogP contribution in [0.3, 0.4) is 0 Å². The molecule has 1 heterocycles. The van der Waals surface area contributed by atoms with Crippen LogP contribution < -0.4 is 16.3 Å². The fourth-order valence-corrected chi connectivity index (χ4v) is 3.22. The molecule has 11 heteroatoms. The molecule has 1 atom stereocenters. The van der Waals surface area contributed by atoms with Gasteiger partial charge in [-0.05, 0) is 31.2 Å². The number of ether oxygens (including phenoxy) is 1. The Labute approximate surface area is 194 Å². The smallest absolute Gasteiger partial charge is 0.311 e. The molecular formula is C22H21ClN4O6. The first-order valence-corrected chi connectivity index (χ1v) is 10.3. The monoisotopic (exact) mass is 472 g/mol. The van der Waals surface area contributed by atoms with E-state index in [0.29, 0.717) is 5.56 Å². The van der Waals surface area contributed by atoms with Crippen molar-refractivity contribution in [3.8, 4) is 0 Å². The summed E-state index contributed by atoms with van der Waals surface area (Å²) in [6.07, 6.45) is -0.169. The molecule has 33 heavy (non-hydrogen) atoms. The maximum atomic E-state index is 12.3. The number of carbonyl (C=O) groups excluding carboxylic acids is 5. The molecule has 10 nitrogen and oxygen atoms in total. The van der Waals surface area contributed by atoms with Gasteiger partial charge in [-0.15, -0.1) is 0 Å². The molecule has 3 N–H and O–H groups in total. The van der Waals surface area contributed by atoms with Crippen LogP contribution in [0.25, 0.3) is 0 Å². The van der Waals surface area contributed by atoms with E-state index < -0.39 is 42.1 Å². The first kappa shape index (κ1) is 23.7. The summed E-state index contributed by atoms with van der Waals surface area (Å²) >= 11 is 5.91. The number of carbonyl (C=O) groups is 5. The zero-order chi connectivity index (χ0) is 24.0. The predicted molar refractivity (Wildman–Crippen MR) is 116 cm³/mol. The van der Waals surface area contributed by atoms with Crippen LogP contribution in [-0.4, -0.2) is 47.8 Å². The molecular weight excluding hydrogens is 452 g/mol. The van der Waals surface area contributed by atoms with Gasteiger partial charge in [0.1, 0.15) is 0 Å². The number of benzene rings is 2. The minimum Gasteiger partial charge on any atom is -0.455 e. The minimum atomic E-state index is -0.846. The number of hydrazine groups is 2. The number of nitrogens with one attached hydrogen (secondary N) is 3. The summed E-state index contributed by atoms with van der Waals surface area (Å²) < 4.78 is 4.93. The lowest BCUT2D eigenvalue weighted by atomic mass is 10.1. The highest BCUT2D eigenvalue weighted by molar-refractivity contribution is 6.33. The number of rotatable bonds is 6. The van der Waals surface area contributed by atoms with Crippen molar-refractivity contribution in [3.63, 3.8) is 0 Å². The lowest BCUT2D eigenvalue weighted by Crippen LogP contribution is -2.44. The molecule has 172 valence electrons. The summed E-state index contributed by atoms with van der Waals surface area (Å²) in [5.74, 6) is -3.97. The Bertz CT molecular complexity index is 1090. The molecule has 0 spiro atoms. The summed E-state index contributed by atoms with van der Waals surface area (Å²) in [5.41, 5.74) is 8.26. The third-order valence-electron chi connectivity index (χ3n) is 4.79. The van der Waals surface area contributed by atoms with E-state index in [9.17, 15) is 24.0 Å². The largest absolute Gasteiger partial charge is 0.455 e. The van der Waals surface area contributed by atoms with E-state index in [2.05, 4.69) is 16.3 Å². The summed E-state index contributed by atoms with van der Waals surface area (Å²) in [7, 11) is 0. The van der Waals surface area contributed by atoms with Crippen LogP contribution in [0.5, 0.6) is 0 Å². The number of esters is 1. The maximum absolute atomic E-state index is 12.3. The first-order chi connectivity index (χ1) is 15.7. The highest BCUT2D eigenvalue weighted by atomic mass is 35.5. The number of hydrogen-bond donors (Lipinski definition) is 3. The van der Waals surface area contributed by atoms with Crippen LogP contribution in [0.1, 0.15) is 32.7 Å². The molecule has 4 amide bonds. The second-order valence-corrected chi connectivity index (χ2v) is 7.71. The van der Waals surface area contributed by atoms with Crippen LogP contribution in [0.15, 0.2) is 48.5 Å². The van der Waals surface area contributed by atoms with Crippen molar-refractivity contribution in [2.75, 3.05) is 13.2 Å². The number of hydrogen-bond acceptors (Lipinski definition) is 6. The van der Waals surface area contributed by atoms with Crippen LogP contribution in [0.4, 0.5) is 0 Å². The van der Waals surface area contributed by atoms with Gasteiger partial charge in [-0.25, -0.2) is 0 Å². The SMILES string of the molecule is Cc1ccc(C(=O)NN2C[C@H](C(=O)OCC(=O)NNC(=O)c3ccccc3Cl)CC2=O)cc1. The Morgan fingerprint density at radius 1 is 1.03 bits per heavy atom. The van der Waals surface area contributed by atoms with E-state index in [1.807, 2.05) is 6.92 Å². The molecule has 1 aliphatic rings. The number of halogens is 1. The Hall–Kier alpha value is -3.92. The van der Waals surface area contributed by atoms with Gasteiger partial charge in [-0.2, -0.15) is 0 Å². The zero-order valence-electron chi connectivity index (χ0n) is 17.6. The molecule has 1 saturated heterocycles. The molecule has 1 fully saturated rings. The lowest BCUT2D eigenvalue weighted by molar-refractivity contribution is -0.152. The van der Waals surface area contributed by atoms with Crippen molar-refractivity contribution in [1.82, 2.24) is 21.3 Å². The van der Waals surface area contributed by atoms with Gasteiger partial charge in [0.15, 0.2) is 6.61 Å². The Morgan fingerprint density at radius 2 is 1.73 bits per heavy atom. The summed E-state index contributed by atoms with van der Waals surface area (Å²) in [6.45, 7) is 1.14. The van der Waals surface area contributed by atoms with Crippen LogP contribution in [-0.2, 0) is 19.1 Å². The molecule has 0 unspecified atom stereocenters. The van der Waals surface area contributed by atoms with E-state index in [-0.39, 0.29) is 23.6 Å². The highest BCUT2D eigenvalue weighted by Crippen LogP contribution is 2.18. The van der Waals surface area contributed by atoms with Crippen molar-refractivity contribution in [1.29, 1.82) is 0 Å². The van der Waals surface area contributed by atoms with Gasteiger partial charge >= 0.3 is 5.97 Å². The van der Waals surface area contributed by atoms with E-state index >= 15 is 0 Å². The van der Waals surface area contributed by atoms with Crippen molar-refractivity contribution in [2.24, 2.45) is 5.92 Å². The van der Waals surface area contributed by atoms with Gasteiger partial charge in [0.2, 0.25) is 5.91 Å². The maximum Gasteiger partial charge on any atom is 0.311 e. The van der Waals surface area contributed by atoms with Gasteiger partial charge in [-0.1, -0.05) is 41.4 Å². The summed E-state index contributed by atoms with van der Waals surface area (Å²) in [5, 5.41) is 1.26. The van der Waals surface area contributed by atoms with Gasteiger partial charge in [-0.3, -0.25) is 45.3 Å². The number of amides is 4. The second kappa shape index (κ2) is 10.6. The fraction of sp³-hybridized carbons (Fsp3) is 0.227. The second-order valence-electron chi connectivity index (χ2n) is 7.30. The van der Waals surface area contributed by atoms with Crippen molar-refractivity contribution in [3.05, 3.63) is 70.2 Å². The van der Waals surface area contributed by atoms with Crippen molar-refractivity contribution < 1.29 is 28.7 Å². The van der Waals surface area contributed by atoms with E-state index in [1.54, 1.807) is 36.4 Å². The third kappa shape index (κ3) is 6.30. The van der Waals surface area contributed by atoms with Crippen molar-refractivity contribution in [2.45, 2.75) is 13.3 Å².